The van der Waals surface area contributed by atoms with E-state index in [0.717, 1.165) is 11.4 Å². The van der Waals surface area contributed by atoms with Crippen molar-refractivity contribution in [2.24, 2.45) is 0 Å². The van der Waals surface area contributed by atoms with Gasteiger partial charge in [-0.15, -0.1) is 11.3 Å². The molecule has 0 saturated heterocycles. The largest absolute Gasteiger partial charge is 0.310 e. The summed E-state index contributed by atoms with van der Waals surface area (Å²) < 4.78 is 2.59. The predicted molar refractivity (Wildman–Crippen MR) is 281 cm³/mol. The molecule has 10 aromatic carbocycles. The fourth-order valence-electron chi connectivity index (χ4n) is 12.9. The average molecular weight is 872 g/mol. The second-order valence-corrected chi connectivity index (χ2v) is 20.2. The van der Waals surface area contributed by atoms with Crippen LogP contribution in [0, 0.1) is 0 Å². The third-order valence-electron chi connectivity index (χ3n) is 15.6. The monoisotopic (exact) mass is 871 g/mol. The first kappa shape index (κ1) is 38.5. The van der Waals surface area contributed by atoms with Gasteiger partial charge in [0.25, 0.3) is 0 Å². The van der Waals surface area contributed by atoms with E-state index in [9.17, 15) is 0 Å². The van der Waals surface area contributed by atoms with Crippen LogP contribution in [0.15, 0.2) is 237 Å². The fourth-order valence-corrected chi connectivity index (χ4v) is 14.0. The molecule has 1 spiro atoms. The second-order valence-electron chi connectivity index (χ2n) is 19.1. The molecular formula is C65H45NS. The Morgan fingerprint density at radius 1 is 0.328 bits per heavy atom. The number of anilines is 3. The highest BCUT2D eigenvalue weighted by Crippen LogP contribution is 2.65. The van der Waals surface area contributed by atoms with E-state index in [-0.39, 0.29) is 5.41 Å². The topological polar surface area (TPSA) is 3.24 Å². The van der Waals surface area contributed by atoms with Crippen LogP contribution in [0.25, 0.3) is 42.4 Å². The van der Waals surface area contributed by atoms with Crippen LogP contribution in [0.4, 0.5) is 17.1 Å². The zero-order valence-electron chi connectivity index (χ0n) is 37.4. The molecule has 0 saturated carbocycles. The molecular weight excluding hydrogens is 827 g/mol. The summed E-state index contributed by atoms with van der Waals surface area (Å²) in [4.78, 5) is 2.57. The van der Waals surface area contributed by atoms with Gasteiger partial charge < -0.3 is 4.90 Å². The third-order valence-corrected chi connectivity index (χ3v) is 16.8. The molecule has 14 rings (SSSR count). The molecule has 0 N–H and O–H groups in total. The number of benzene rings is 10. The predicted octanol–water partition coefficient (Wildman–Crippen LogP) is 16.9. The van der Waals surface area contributed by atoms with Crippen molar-refractivity contribution in [1.82, 2.24) is 0 Å². The van der Waals surface area contributed by atoms with Crippen LogP contribution in [-0.4, -0.2) is 0 Å². The van der Waals surface area contributed by atoms with E-state index < -0.39 is 10.8 Å². The van der Waals surface area contributed by atoms with Crippen LogP contribution in [0.3, 0.4) is 0 Å². The summed E-state index contributed by atoms with van der Waals surface area (Å²) in [7, 11) is 0. The molecule has 11 aromatic rings. The standard InChI is InChI=1S/C65H45NS/c1-63(2)51-27-12-9-24-46(51)48-38-36-44(40-57(48)63)66(59-33-19-35-61-62(59)50-26-11-18-34-60(50)67-61)45-37-39-49-47-25-10-13-28-52(47)65(58(49)41-45)55-31-16-14-29-53(55)64(42-20-5-3-6-21-42,43-22-7-4-8-23-43)54-30-15-17-32-56(54)65/h3-41H,1-2H3. The molecule has 1 nitrogen and oxygen atoms in total. The Morgan fingerprint density at radius 3 is 1.40 bits per heavy atom. The Hall–Kier alpha value is -7.78. The average Bonchev–Trinajstić information content (AvgIpc) is 3.99. The van der Waals surface area contributed by atoms with Gasteiger partial charge in [0.1, 0.15) is 0 Å². The van der Waals surface area contributed by atoms with Crippen molar-refractivity contribution in [3.63, 3.8) is 0 Å². The van der Waals surface area contributed by atoms with Crippen LogP contribution < -0.4 is 4.90 Å². The van der Waals surface area contributed by atoms with Gasteiger partial charge in [0.05, 0.1) is 16.5 Å². The lowest BCUT2D eigenvalue weighted by molar-refractivity contribution is 0.623. The van der Waals surface area contributed by atoms with Gasteiger partial charge in [0, 0.05) is 37.0 Å². The summed E-state index contributed by atoms with van der Waals surface area (Å²) in [6, 6.07) is 89.7. The zero-order valence-corrected chi connectivity index (χ0v) is 38.2. The second kappa shape index (κ2) is 14.1. The Kier molecular flexibility index (Phi) is 8.11. The molecule has 0 fully saturated rings. The molecule has 3 aliphatic carbocycles. The van der Waals surface area contributed by atoms with Gasteiger partial charge in [-0.3, -0.25) is 0 Å². The molecule has 0 unspecified atom stereocenters. The number of rotatable bonds is 5. The summed E-state index contributed by atoms with van der Waals surface area (Å²) >= 11 is 1.88. The van der Waals surface area contributed by atoms with E-state index >= 15 is 0 Å². The Labute approximate surface area is 395 Å². The molecule has 1 heterocycles. The molecule has 1 aromatic heterocycles. The normalized spacial score (nSPS) is 15.1. The SMILES string of the molecule is CC1(C)c2ccccc2-c2ccc(N(c3ccc4c(c3)C3(c5ccccc5-4)c4ccccc4C(c4ccccc4)(c4ccccc4)c4ccccc43)c3cccc4sc5ccccc5c34)cc21. The first-order valence-corrected chi connectivity index (χ1v) is 24.3. The maximum atomic E-state index is 2.57. The van der Waals surface area contributed by atoms with E-state index in [1.807, 2.05) is 11.3 Å². The summed E-state index contributed by atoms with van der Waals surface area (Å²) in [5, 5.41) is 2.57. The number of hydrogen-bond donors (Lipinski definition) is 0. The van der Waals surface area contributed by atoms with Crippen molar-refractivity contribution in [2.45, 2.75) is 30.1 Å². The molecule has 316 valence electrons. The van der Waals surface area contributed by atoms with Crippen molar-refractivity contribution in [3.8, 4) is 22.3 Å². The third kappa shape index (κ3) is 5.03. The van der Waals surface area contributed by atoms with Crippen LogP contribution >= 0.6 is 11.3 Å². The number of thiophene rings is 1. The van der Waals surface area contributed by atoms with Crippen molar-refractivity contribution in [3.05, 3.63) is 292 Å². The molecule has 2 heteroatoms. The lowest BCUT2D eigenvalue weighted by Gasteiger charge is -2.50. The highest BCUT2D eigenvalue weighted by atomic mass is 32.1. The van der Waals surface area contributed by atoms with Crippen LogP contribution in [0.2, 0.25) is 0 Å². The number of fused-ring (bicyclic) bond motifs is 15. The molecule has 0 aliphatic heterocycles. The highest BCUT2D eigenvalue weighted by molar-refractivity contribution is 7.26. The van der Waals surface area contributed by atoms with Gasteiger partial charge in [0.15, 0.2) is 0 Å². The smallest absolute Gasteiger partial charge is 0.0720 e. The van der Waals surface area contributed by atoms with Gasteiger partial charge in [-0.2, -0.15) is 0 Å². The van der Waals surface area contributed by atoms with Gasteiger partial charge in [-0.1, -0.05) is 208 Å². The van der Waals surface area contributed by atoms with Crippen molar-refractivity contribution in [2.75, 3.05) is 4.90 Å². The Morgan fingerprint density at radius 2 is 0.776 bits per heavy atom. The molecule has 0 amide bonds. The van der Waals surface area contributed by atoms with Crippen molar-refractivity contribution in [1.29, 1.82) is 0 Å². The van der Waals surface area contributed by atoms with Crippen molar-refractivity contribution >= 4 is 48.6 Å². The highest BCUT2D eigenvalue weighted by Gasteiger charge is 2.56. The van der Waals surface area contributed by atoms with E-state index in [4.69, 9.17) is 0 Å². The zero-order chi connectivity index (χ0) is 44.5. The summed E-state index contributed by atoms with van der Waals surface area (Å²) in [6.07, 6.45) is 0. The first-order chi connectivity index (χ1) is 33.0. The molecule has 0 radical (unpaired) electrons. The first-order valence-electron chi connectivity index (χ1n) is 23.5. The Bertz CT molecular complexity index is 3710. The fraction of sp³-hybridized carbons (Fsp3) is 0.0769. The Balaban J connectivity index is 1.08. The minimum Gasteiger partial charge on any atom is -0.310 e. The van der Waals surface area contributed by atoms with Gasteiger partial charge in [-0.25, -0.2) is 0 Å². The quantitative estimate of drug-likeness (QED) is 0.167. The van der Waals surface area contributed by atoms with Crippen LogP contribution in [0.5, 0.6) is 0 Å². The lowest BCUT2D eigenvalue weighted by atomic mass is 9.51. The summed E-state index contributed by atoms with van der Waals surface area (Å²) in [6.45, 7) is 4.77. The minimum absolute atomic E-state index is 0.155. The molecule has 0 atom stereocenters. The molecule has 0 bridgehead atoms. The van der Waals surface area contributed by atoms with E-state index in [0.29, 0.717) is 0 Å². The molecule has 67 heavy (non-hydrogen) atoms. The minimum atomic E-state index is -0.615. The number of nitrogens with zero attached hydrogens (tertiary/aromatic N) is 1. The lowest BCUT2D eigenvalue weighted by Crippen LogP contribution is -2.44. The van der Waals surface area contributed by atoms with E-state index in [2.05, 4.69) is 255 Å². The van der Waals surface area contributed by atoms with Crippen molar-refractivity contribution < 1.29 is 0 Å². The van der Waals surface area contributed by atoms with Gasteiger partial charge in [-0.05, 0) is 120 Å². The van der Waals surface area contributed by atoms with Gasteiger partial charge in [0.2, 0.25) is 0 Å². The van der Waals surface area contributed by atoms with Crippen LogP contribution in [0.1, 0.15) is 69.5 Å². The number of hydrogen-bond acceptors (Lipinski definition) is 2. The van der Waals surface area contributed by atoms with Crippen LogP contribution in [-0.2, 0) is 16.2 Å². The maximum Gasteiger partial charge on any atom is 0.0720 e. The maximum absolute atomic E-state index is 2.57. The molecule has 3 aliphatic rings. The summed E-state index contributed by atoms with van der Waals surface area (Å²) in [5.74, 6) is 0. The summed E-state index contributed by atoms with van der Waals surface area (Å²) in [5.41, 5.74) is 20.5. The van der Waals surface area contributed by atoms with Gasteiger partial charge >= 0.3 is 0 Å². The van der Waals surface area contributed by atoms with E-state index in [1.165, 1.54) is 104 Å². The van der Waals surface area contributed by atoms with E-state index in [1.54, 1.807) is 0 Å².